The Bertz CT molecular complexity index is 733. The summed E-state index contributed by atoms with van der Waals surface area (Å²) in [6, 6.07) is 6.14. The molecule has 1 atom stereocenters. The minimum atomic E-state index is -2.91. The van der Waals surface area contributed by atoms with Crippen LogP contribution in [0.25, 0.3) is 11.3 Å². The number of hydrogen-bond donors (Lipinski definition) is 2. The highest BCUT2D eigenvalue weighted by Gasteiger charge is 2.20. The fourth-order valence-electron chi connectivity index (χ4n) is 2.48. The quantitative estimate of drug-likeness (QED) is 0.752. The van der Waals surface area contributed by atoms with Gasteiger partial charge >= 0.3 is 6.61 Å². The van der Waals surface area contributed by atoms with Crippen LogP contribution in [0.2, 0.25) is 0 Å². The highest BCUT2D eigenvalue weighted by molar-refractivity contribution is 5.99. The number of ether oxygens (including phenoxy) is 1. The van der Waals surface area contributed by atoms with Crippen LogP contribution in [-0.2, 0) is 0 Å². The molecule has 2 rings (SSSR count). The number of hydrogen-bond acceptors (Lipinski definition) is 4. The average molecular weight is 366 g/mol. The average Bonchev–Trinajstić information content (AvgIpc) is 3.07. The maximum absolute atomic E-state index is 12.7. The summed E-state index contributed by atoms with van der Waals surface area (Å²) < 4.78 is 29.2. The Morgan fingerprint density at radius 3 is 2.77 bits per heavy atom. The van der Waals surface area contributed by atoms with Gasteiger partial charge in [0.1, 0.15) is 5.75 Å². The number of rotatable bonds is 8. The smallest absolute Gasteiger partial charge is 0.387 e. The van der Waals surface area contributed by atoms with E-state index in [0.717, 1.165) is 0 Å². The molecule has 0 fully saturated rings. The van der Waals surface area contributed by atoms with Crippen molar-refractivity contribution in [2.24, 2.45) is 11.7 Å². The molecular formula is C18H24F2N4O2. The van der Waals surface area contributed by atoms with Gasteiger partial charge in [0.2, 0.25) is 0 Å². The van der Waals surface area contributed by atoms with Crippen LogP contribution in [0.1, 0.15) is 30.6 Å². The van der Waals surface area contributed by atoms with Gasteiger partial charge in [0.25, 0.3) is 5.91 Å². The van der Waals surface area contributed by atoms with Crippen LogP contribution < -0.4 is 10.5 Å². The van der Waals surface area contributed by atoms with Crippen molar-refractivity contribution in [2.75, 3.05) is 13.6 Å². The van der Waals surface area contributed by atoms with Gasteiger partial charge in [0.15, 0.2) is 0 Å². The lowest BCUT2D eigenvalue weighted by molar-refractivity contribution is -0.0498. The largest absolute Gasteiger partial charge is 0.435 e. The number of halogens is 2. The Balaban J connectivity index is 2.16. The van der Waals surface area contributed by atoms with E-state index in [0.29, 0.717) is 35.7 Å². The van der Waals surface area contributed by atoms with E-state index in [9.17, 15) is 13.6 Å². The zero-order valence-electron chi connectivity index (χ0n) is 15.1. The van der Waals surface area contributed by atoms with Crippen LogP contribution in [0.5, 0.6) is 5.75 Å². The minimum absolute atomic E-state index is 0.0113. The van der Waals surface area contributed by atoms with Crippen LogP contribution in [0, 0.1) is 5.92 Å². The molecule has 0 saturated carbocycles. The zero-order chi connectivity index (χ0) is 19.3. The highest BCUT2D eigenvalue weighted by Crippen LogP contribution is 2.26. The third-order valence-electron chi connectivity index (χ3n) is 4.22. The number of nitrogens with zero attached hydrogens (tertiary/aromatic N) is 2. The number of aromatic nitrogens is 2. The number of H-pyrrole nitrogens is 1. The maximum Gasteiger partial charge on any atom is 0.387 e. The molecule has 8 heteroatoms. The van der Waals surface area contributed by atoms with Crippen LogP contribution in [0.15, 0.2) is 30.5 Å². The van der Waals surface area contributed by atoms with Crippen molar-refractivity contribution in [1.29, 1.82) is 0 Å². The molecule has 0 aliphatic heterocycles. The first-order valence-corrected chi connectivity index (χ1v) is 8.39. The number of nitrogens with two attached hydrogens (primary N) is 1. The lowest BCUT2D eigenvalue weighted by atomic mass is 10.0. The first-order chi connectivity index (χ1) is 12.3. The summed E-state index contributed by atoms with van der Waals surface area (Å²) in [5, 5.41) is 6.69. The maximum atomic E-state index is 12.7. The molecular weight excluding hydrogens is 342 g/mol. The fraction of sp³-hybridized carbons (Fsp3) is 0.444. The van der Waals surface area contributed by atoms with E-state index >= 15 is 0 Å². The number of carbonyl (C=O) groups is 1. The monoisotopic (exact) mass is 366 g/mol. The summed E-state index contributed by atoms with van der Waals surface area (Å²) >= 11 is 0. The van der Waals surface area contributed by atoms with Crippen molar-refractivity contribution < 1.29 is 18.3 Å². The molecule has 0 saturated heterocycles. The molecule has 6 nitrogen and oxygen atoms in total. The molecule has 0 bridgehead atoms. The second-order valence-corrected chi connectivity index (χ2v) is 6.49. The van der Waals surface area contributed by atoms with E-state index in [4.69, 9.17) is 5.73 Å². The molecule has 1 aromatic heterocycles. The van der Waals surface area contributed by atoms with Crippen LogP contribution >= 0.6 is 0 Å². The summed E-state index contributed by atoms with van der Waals surface area (Å²) in [6.07, 6.45) is 2.11. The Morgan fingerprint density at radius 2 is 2.12 bits per heavy atom. The van der Waals surface area contributed by atoms with Crippen molar-refractivity contribution >= 4 is 5.91 Å². The molecule has 26 heavy (non-hydrogen) atoms. The molecule has 1 unspecified atom stereocenters. The summed E-state index contributed by atoms with van der Waals surface area (Å²) in [4.78, 5) is 14.3. The van der Waals surface area contributed by atoms with Crippen molar-refractivity contribution in [3.05, 3.63) is 36.0 Å². The second-order valence-electron chi connectivity index (χ2n) is 6.49. The second kappa shape index (κ2) is 8.75. The lowest BCUT2D eigenvalue weighted by Gasteiger charge is -2.21. The number of nitrogens with one attached hydrogen (secondary N) is 1. The number of alkyl halides is 2. The van der Waals surface area contributed by atoms with E-state index in [1.165, 1.54) is 18.3 Å². The molecule has 0 aliphatic carbocycles. The van der Waals surface area contributed by atoms with Crippen molar-refractivity contribution in [2.45, 2.75) is 32.9 Å². The Hall–Kier alpha value is -2.48. The Morgan fingerprint density at radius 1 is 1.38 bits per heavy atom. The van der Waals surface area contributed by atoms with Crippen molar-refractivity contribution in [3.63, 3.8) is 0 Å². The van der Waals surface area contributed by atoms with Crippen LogP contribution in [0.3, 0.4) is 0 Å². The van der Waals surface area contributed by atoms with E-state index in [-0.39, 0.29) is 17.7 Å². The van der Waals surface area contributed by atoms with Crippen LogP contribution in [0.4, 0.5) is 8.78 Å². The predicted molar refractivity (Wildman–Crippen MR) is 95.0 cm³/mol. The van der Waals surface area contributed by atoms with Crippen LogP contribution in [-0.4, -0.2) is 47.3 Å². The number of carbonyl (C=O) groups excluding carboxylic acids is 1. The molecule has 3 N–H and O–H groups in total. The van der Waals surface area contributed by atoms with E-state index in [1.54, 1.807) is 24.1 Å². The van der Waals surface area contributed by atoms with Crippen molar-refractivity contribution in [1.82, 2.24) is 15.1 Å². The molecule has 1 heterocycles. The number of benzene rings is 1. The predicted octanol–water partition coefficient (Wildman–Crippen LogP) is 3.12. The third-order valence-corrected chi connectivity index (χ3v) is 4.22. The van der Waals surface area contributed by atoms with E-state index < -0.39 is 6.61 Å². The number of amides is 1. The molecule has 0 aliphatic rings. The summed E-state index contributed by atoms with van der Waals surface area (Å²) in [7, 11) is 1.70. The van der Waals surface area contributed by atoms with Gasteiger partial charge in [-0.1, -0.05) is 26.0 Å². The van der Waals surface area contributed by atoms with Crippen molar-refractivity contribution in [3.8, 4) is 17.0 Å². The molecule has 0 spiro atoms. The highest BCUT2D eigenvalue weighted by atomic mass is 19.3. The van der Waals surface area contributed by atoms with E-state index in [2.05, 4.69) is 14.9 Å². The van der Waals surface area contributed by atoms with Gasteiger partial charge in [-0.3, -0.25) is 9.89 Å². The normalized spacial score (nSPS) is 12.5. The topological polar surface area (TPSA) is 84.2 Å². The van der Waals surface area contributed by atoms with Gasteiger partial charge in [-0.15, -0.1) is 0 Å². The van der Waals surface area contributed by atoms with E-state index in [1.807, 2.05) is 13.8 Å². The Labute approximate surface area is 151 Å². The van der Waals surface area contributed by atoms with Gasteiger partial charge in [-0.25, -0.2) is 0 Å². The zero-order valence-corrected chi connectivity index (χ0v) is 15.1. The summed E-state index contributed by atoms with van der Waals surface area (Å²) in [6.45, 7) is 1.67. The molecule has 0 radical (unpaired) electrons. The molecule has 142 valence electrons. The summed E-state index contributed by atoms with van der Waals surface area (Å²) in [5.41, 5.74) is 7.38. The summed E-state index contributed by atoms with van der Waals surface area (Å²) in [5.74, 6) is 0.132. The number of aromatic amines is 1. The van der Waals surface area contributed by atoms with Gasteiger partial charge in [-0.2, -0.15) is 13.9 Å². The molecule has 1 aromatic carbocycles. The standard InChI is InChI=1S/C18H24F2N4O2/c1-11(2)15(21)7-8-24(3)17(25)14-10-22-23-16(14)12-5-4-6-13(9-12)26-18(19)20/h4-6,9-11,15,18H,7-8,21H2,1-3H3,(H,22,23). The van der Waals surface area contributed by atoms with Gasteiger partial charge < -0.3 is 15.4 Å². The first kappa shape index (κ1) is 19.8. The fourth-order valence-corrected chi connectivity index (χ4v) is 2.48. The third kappa shape index (κ3) is 5.01. The van der Waals surface area contributed by atoms with Gasteiger partial charge in [-0.05, 0) is 24.5 Å². The molecule has 2 aromatic rings. The lowest BCUT2D eigenvalue weighted by Crippen LogP contribution is -2.34. The molecule has 1 amide bonds. The van der Waals surface area contributed by atoms with Gasteiger partial charge in [0, 0.05) is 25.2 Å². The van der Waals surface area contributed by atoms with Gasteiger partial charge in [0.05, 0.1) is 17.5 Å². The SMILES string of the molecule is CC(C)C(N)CCN(C)C(=O)c1cn[nH]c1-c1cccc(OC(F)F)c1. The minimum Gasteiger partial charge on any atom is -0.435 e. The Kier molecular flexibility index (Phi) is 6.68. The first-order valence-electron chi connectivity index (χ1n) is 8.39.